The maximum Gasteiger partial charge on any atom is 0.219 e. The zero-order chi connectivity index (χ0) is 10.4. The Kier molecular flexibility index (Phi) is 4.90. The van der Waals surface area contributed by atoms with Gasteiger partial charge in [0.1, 0.15) is 0 Å². The standard InChI is InChI=1S/C10H20N2O2/c1-9(13)12-6-3-2-4-10(8-12)14-7-5-11/h10H,2-8,11H2,1H3. The normalized spacial score (nSPS) is 23.3. The Hall–Kier alpha value is -0.610. The lowest BCUT2D eigenvalue weighted by Gasteiger charge is -2.23. The summed E-state index contributed by atoms with van der Waals surface area (Å²) >= 11 is 0. The molecule has 1 unspecified atom stereocenters. The summed E-state index contributed by atoms with van der Waals surface area (Å²) < 4.78 is 5.57. The van der Waals surface area contributed by atoms with Gasteiger partial charge in [0.25, 0.3) is 0 Å². The molecule has 0 aromatic rings. The van der Waals surface area contributed by atoms with E-state index in [9.17, 15) is 4.79 Å². The van der Waals surface area contributed by atoms with Crippen LogP contribution in [0, 0.1) is 0 Å². The Balaban J connectivity index is 2.38. The maximum absolute atomic E-state index is 11.2. The number of rotatable bonds is 3. The molecule has 1 fully saturated rings. The van der Waals surface area contributed by atoms with Gasteiger partial charge in [-0.05, 0) is 19.3 Å². The second-order valence-corrected chi connectivity index (χ2v) is 3.74. The van der Waals surface area contributed by atoms with Crippen LogP contribution in [0.1, 0.15) is 26.2 Å². The van der Waals surface area contributed by atoms with Gasteiger partial charge in [0.05, 0.1) is 12.7 Å². The lowest BCUT2D eigenvalue weighted by molar-refractivity contribution is -0.130. The molecule has 1 aliphatic rings. The molecule has 0 bridgehead atoms. The molecule has 0 aliphatic carbocycles. The van der Waals surface area contributed by atoms with E-state index < -0.39 is 0 Å². The van der Waals surface area contributed by atoms with Crippen LogP contribution in [0.25, 0.3) is 0 Å². The van der Waals surface area contributed by atoms with Crippen molar-refractivity contribution in [3.8, 4) is 0 Å². The third kappa shape index (κ3) is 3.64. The van der Waals surface area contributed by atoms with Crippen LogP contribution in [0.4, 0.5) is 0 Å². The fourth-order valence-electron chi connectivity index (χ4n) is 1.76. The summed E-state index contributed by atoms with van der Waals surface area (Å²) in [5.74, 6) is 0.147. The van der Waals surface area contributed by atoms with Crippen molar-refractivity contribution in [1.29, 1.82) is 0 Å². The molecule has 0 spiro atoms. The smallest absolute Gasteiger partial charge is 0.219 e. The van der Waals surface area contributed by atoms with E-state index in [0.717, 1.165) is 32.4 Å². The highest BCUT2D eigenvalue weighted by molar-refractivity contribution is 5.73. The minimum Gasteiger partial charge on any atom is -0.375 e. The molecular formula is C10H20N2O2. The third-order valence-corrected chi connectivity index (χ3v) is 2.54. The molecule has 1 amide bonds. The van der Waals surface area contributed by atoms with E-state index >= 15 is 0 Å². The van der Waals surface area contributed by atoms with Gasteiger partial charge in [0, 0.05) is 26.6 Å². The molecule has 0 aromatic heterocycles. The van der Waals surface area contributed by atoms with Crippen molar-refractivity contribution in [2.45, 2.75) is 32.3 Å². The molecule has 1 rings (SSSR count). The van der Waals surface area contributed by atoms with Crippen molar-refractivity contribution >= 4 is 5.91 Å². The fraction of sp³-hybridized carbons (Fsp3) is 0.900. The lowest BCUT2D eigenvalue weighted by Crippen LogP contribution is -2.36. The van der Waals surface area contributed by atoms with E-state index in [4.69, 9.17) is 10.5 Å². The summed E-state index contributed by atoms with van der Waals surface area (Å²) in [7, 11) is 0. The summed E-state index contributed by atoms with van der Waals surface area (Å²) in [5, 5.41) is 0. The van der Waals surface area contributed by atoms with Crippen molar-refractivity contribution < 1.29 is 9.53 Å². The quantitative estimate of drug-likeness (QED) is 0.715. The second-order valence-electron chi connectivity index (χ2n) is 3.74. The van der Waals surface area contributed by atoms with Gasteiger partial charge in [-0.2, -0.15) is 0 Å². The molecule has 1 aliphatic heterocycles. The SMILES string of the molecule is CC(=O)N1CCCCC(OCCN)C1. The molecule has 1 atom stereocenters. The van der Waals surface area contributed by atoms with Crippen LogP contribution in [0.3, 0.4) is 0 Å². The van der Waals surface area contributed by atoms with Crippen molar-refractivity contribution in [3.63, 3.8) is 0 Å². The van der Waals surface area contributed by atoms with Gasteiger partial charge in [0.15, 0.2) is 0 Å². The van der Waals surface area contributed by atoms with Gasteiger partial charge in [-0.15, -0.1) is 0 Å². The number of nitrogens with two attached hydrogens (primary N) is 1. The zero-order valence-corrected chi connectivity index (χ0v) is 8.87. The predicted octanol–water partition coefficient (Wildman–Crippen LogP) is 0.363. The van der Waals surface area contributed by atoms with E-state index in [-0.39, 0.29) is 12.0 Å². The molecule has 1 heterocycles. The number of carbonyl (C=O) groups is 1. The van der Waals surface area contributed by atoms with Crippen molar-refractivity contribution in [1.82, 2.24) is 4.90 Å². The number of carbonyl (C=O) groups excluding carboxylic acids is 1. The third-order valence-electron chi connectivity index (χ3n) is 2.54. The van der Waals surface area contributed by atoms with Crippen molar-refractivity contribution in [2.75, 3.05) is 26.2 Å². The fourth-order valence-corrected chi connectivity index (χ4v) is 1.76. The number of hydrogen-bond acceptors (Lipinski definition) is 3. The highest BCUT2D eigenvalue weighted by atomic mass is 16.5. The van der Waals surface area contributed by atoms with E-state index in [1.54, 1.807) is 6.92 Å². The Bertz CT molecular complexity index is 185. The summed E-state index contributed by atoms with van der Waals surface area (Å²) in [6.45, 7) is 4.37. The van der Waals surface area contributed by atoms with Gasteiger partial charge in [-0.25, -0.2) is 0 Å². The molecule has 14 heavy (non-hydrogen) atoms. The first kappa shape index (κ1) is 11.5. The largest absolute Gasteiger partial charge is 0.375 e. The van der Waals surface area contributed by atoms with Gasteiger partial charge >= 0.3 is 0 Å². The van der Waals surface area contributed by atoms with Gasteiger partial charge < -0.3 is 15.4 Å². The first-order chi connectivity index (χ1) is 6.74. The Morgan fingerprint density at radius 2 is 2.36 bits per heavy atom. The zero-order valence-electron chi connectivity index (χ0n) is 8.87. The summed E-state index contributed by atoms with van der Waals surface area (Å²) in [6.07, 6.45) is 3.45. The van der Waals surface area contributed by atoms with Crippen molar-refractivity contribution in [3.05, 3.63) is 0 Å². The van der Waals surface area contributed by atoms with E-state index in [1.807, 2.05) is 4.90 Å². The minimum atomic E-state index is 0.147. The molecule has 2 N–H and O–H groups in total. The average Bonchev–Trinajstić information content (AvgIpc) is 2.39. The number of amides is 1. The Labute approximate surface area is 85.4 Å². The van der Waals surface area contributed by atoms with Crippen LogP contribution in [-0.2, 0) is 9.53 Å². The van der Waals surface area contributed by atoms with E-state index in [1.165, 1.54) is 0 Å². The number of nitrogens with zero attached hydrogens (tertiary/aromatic N) is 1. The van der Waals surface area contributed by atoms with Gasteiger partial charge in [-0.1, -0.05) is 0 Å². The molecule has 82 valence electrons. The van der Waals surface area contributed by atoms with Crippen LogP contribution in [0.5, 0.6) is 0 Å². The van der Waals surface area contributed by atoms with Gasteiger partial charge in [0.2, 0.25) is 5.91 Å². The van der Waals surface area contributed by atoms with E-state index in [2.05, 4.69) is 0 Å². The Morgan fingerprint density at radius 3 is 3.00 bits per heavy atom. The molecule has 1 saturated heterocycles. The predicted molar refractivity (Wildman–Crippen MR) is 54.9 cm³/mol. The van der Waals surface area contributed by atoms with Crippen LogP contribution in [0.2, 0.25) is 0 Å². The molecule has 0 saturated carbocycles. The Morgan fingerprint density at radius 1 is 1.57 bits per heavy atom. The monoisotopic (exact) mass is 200 g/mol. The first-order valence-electron chi connectivity index (χ1n) is 5.31. The summed E-state index contributed by atoms with van der Waals surface area (Å²) in [4.78, 5) is 13.1. The molecular weight excluding hydrogens is 180 g/mol. The topological polar surface area (TPSA) is 55.6 Å². The van der Waals surface area contributed by atoms with Gasteiger partial charge in [-0.3, -0.25) is 4.79 Å². The first-order valence-corrected chi connectivity index (χ1v) is 5.31. The van der Waals surface area contributed by atoms with E-state index in [0.29, 0.717) is 13.2 Å². The number of likely N-dealkylation sites (tertiary alicyclic amines) is 1. The molecule has 0 radical (unpaired) electrons. The second kappa shape index (κ2) is 5.98. The van der Waals surface area contributed by atoms with Crippen LogP contribution >= 0.6 is 0 Å². The molecule has 4 nitrogen and oxygen atoms in total. The van der Waals surface area contributed by atoms with Crippen LogP contribution in [0.15, 0.2) is 0 Å². The van der Waals surface area contributed by atoms with Crippen molar-refractivity contribution in [2.24, 2.45) is 5.73 Å². The summed E-state index contributed by atoms with van der Waals surface area (Å²) in [5.41, 5.74) is 5.37. The van der Waals surface area contributed by atoms with Crippen LogP contribution in [-0.4, -0.2) is 43.2 Å². The number of hydrogen-bond donors (Lipinski definition) is 1. The maximum atomic E-state index is 11.2. The molecule has 4 heteroatoms. The lowest BCUT2D eigenvalue weighted by atomic mass is 10.2. The van der Waals surface area contributed by atoms with Crippen LogP contribution < -0.4 is 5.73 Å². The number of ether oxygens (including phenoxy) is 1. The molecule has 0 aromatic carbocycles. The minimum absolute atomic E-state index is 0.147. The average molecular weight is 200 g/mol. The summed E-state index contributed by atoms with van der Waals surface area (Å²) in [6, 6.07) is 0. The highest BCUT2D eigenvalue weighted by Gasteiger charge is 2.19. The highest BCUT2D eigenvalue weighted by Crippen LogP contribution is 2.13.